The number of hydrogen-bond donors (Lipinski definition) is 0. The van der Waals surface area contributed by atoms with E-state index in [-0.39, 0.29) is 35.4 Å². The third kappa shape index (κ3) is 4.83. The molecule has 4 aliphatic rings. The highest BCUT2D eigenvalue weighted by Crippen LogP contribution is 2.44. The topological polar surface area (TPSA) is 76.7 Å². The molecule has 5 atom stereocenters. The lowest BCUT2D eigenvalue weighted by Crippen LogP contribution is -2.48. The Hall–Kier alpha value is -2.90. The van der Waals surface area contributed by atoms with E-state index in [0.29, 0.717) is 49.7 Å². The third-order valence-electron chi connectivity index (χ3n) is 9.53. The van der Waals surface area contributed by atoms with Gasteiger partial charge in [0.2, 0.25) is 0 Å². The number of aromatic nitrogens is 5. The van der Waals surface area contributed by atoms with Gasteiger partial charge in [0.25, 0.3) is 0 Å². The molecule has 3 aromatic heterocycles. The first-order valence-electron chi connectivity index (χ1n) is 15.2. The number of ether oxygens (including phenoxy) is 2. The van der Waals surface area contributed by atoms with Gasteiger partial charge in [0, 0.05) is 43.6 Å². The number of morpholine rings is 1. The van der Waals surface area contributed by atoms with Crippen LogP contribution in [0.4, 0.5) is 24.7 Å². The summed E-state index contributed by atoms with van der Waals surface area (Å²) in [5, 5.41) is 8.87. The number of piperidine rings is 1. The van der Waals surface area contributed by atoms with Crippen LogP contribution >= 0.6 is 0 Å². The van der Waals surface area contributed by atoms with E-state index in [4.69, 9.17) is 14.5 Å². The Morgan fingerprint density at radius 1 is 1.00 bits per heavy atom. The molecule has 0 aliphatic carbocycles. The lowest BCUT2D eigenvalue weighted by molar-refractivity contribution is -0.140. The normalized spacial score (nSPS) is 28.8. The molecule has 13 heteroatoms. The molecule has 0 N–H and O–H groups in total. The molecular weight excluding hydrogens is 549 g/mol. The van der Waals surface area contributed by atoms with Crippen LogP contribution in [0.3, 0.4) is 0 Å². The van der Waals surface area contributed by atoms with E-state index in [0.717, 1.165) is 44.9 Å². The summed E-state index contributed by atoms with van der Waals surface area (Å²) >= 11 is 0. The molecule has 42 heavy (non-hydrogen) atoms. The van der Waals surface area contributed by atoms with Crippen molar-refractivity contribution in [3.05, 3.63) is 24.0 Å². The Balaban J connectivity index is 1.40. The first-order valence-corrected chi connectivity index (χ1v) is 15.2. The van der Waals surface area contributed by atoms with Crippen molar-refractivity contribution in [1.29, 1.82) is 0 Å². The molecule has 0 amide bonds. The van der Waals surface area contributed by atoms with Gasteiger partial charge in [-0.25, -0.2) is 9.67 Å². The van der Waals surface area contributed by atoms with Crippen molar-refractivity contribution >= 4 is 22.5 Å². The van der Waals surface area contributed by atoms with E-state index in [1.54, 1.807) is 16.9 Å². The summed E-state index contributed by atoms with van der Waals surface area (Å²) in [6.45, 7) is 4.57. The standard InChI is InChI=1S/C29H39F3N8O2/c1-18-14-19(36(2)3)9-11-37(18)22-15-24(39-20-7-8-21(39)17-41-16-20)33-28-26(22)27(29(30,31)32)35-40(28)23-10-12-38(34-23)25-6-4-5-13-42-25/h10,12,15,18-21,25H,4-9,11,13-14,16-17H2,1-3H3/t18-,19?,20?,21?,25?/m1/s1. The van der Waals surface area contributed by atoms with Crippen LogP contribution in [0.5, 0.6) is 0 Å². The van der Waals surface area contributed by atoms with Crippen molar-refractivity contribution in [1.82, 2.24) is 29.4 Å². The average molecular weight is 589 g/mol. The molecule has 0 radical (unpaired) electrons. The van der Waals surface area contributed by atoms with Gasteiger partial charge in [-0.3, -0.25) is 0 Å². The molecule has 2 bridgehead atoms. The lowest BCUT2D eigenvalue weighted by Gasteiger charge is -2.42. The van der Waals surface area contributed by atoms with Crippen molar-refractivity contribution in [2.24, 2.45) is 0 Å². The fourth-order valence-electron chi connectivity index (χ4n) is 7.31. The van der Waals surface area contributed by atoms with Crippen LogP contribution in [0.25, 0.3) is 16.9 Å². The van der Waals surface area contributed by atoms with E-state index < -0.39 is 11.9 Å². The largest absolute Gasteiger partial charge is 0.435 e. The predicted octanol–water partition coefficient (Wildman–Crippen LogP) is 4.62. The zero-order chi connectivity index (χ0) is 29.2. The molecule has 7 heterocycles. The van der Waals surface area contributed by atoms with Gasteiger partial charge in [0.05, 0.1) is 36.4 Å². The number of halogens is 3. The molecule has 0 aromatic carbocycles. The van der Waals surface area contributed by atoms with Crippen LogP contribution in [0.15, 0.2) is 18.3 Å². The van der Waals surface area contributed by atoms with Gasteiger partial charge >= 0.3 is 6.18 Å². The maximum Gasteiger partial charge on any atom is 0.435 e. The summed E-state index contributed by atoms with van der Waals surface area (Å²) in [6, 6.07) is 4.29. The predicted molar refractivity (Wildman–Crippen MR) is 152 cm³/mol. The molecule has 4 fully saturated rings. The average Bonchev–Trinajstić information content (AvgIpc) is 3.67. The van der Waals surface area contributed by atoms with E-state index in [1.807, 2.05) is 6.07 Å². The monoisotopic (exact) mass is 588 g/mol. The summed E-state index contributed by atoms with van der Waals surface area (Å²) < 4.78 is 58.9. The maximum absolute atomic E-state index is 14.7. The van der Waals surface area contributed by atoms with Crippen molar-refractivity contribution in [3.63, 3.8) is 0 Å². The third-order valence-corrected chi connectivity index (χ3v) is 9.53. The second-order valence-corrected chi connectivity index (χ2v) is 12.4. The van der Waals surface area contributed by atoms with Gasteiger partial charge in [-0.05, 0) is 66.0 Å². The first kappa shape index (κ1) is 27.9. The number of fused-ring (bicyclic) bond motifs is 3. The number of alkyl halides is 3. The van der Waals surface area contributed by atoms with Crippen LogP contribution in [-0.4, -0.2) is 94.1 Å². The van der Waals surface area contributed by atoms with Crippen molar-refractivity contribution in [3.8, 4) is 5.82 Å². The van der Waals surface area contributed by atoms with Gasteiger partial charge in [0.1, 0.15) is 12.0 Å². The van der Waals surface area contributed by atoms with Crippen LogP contribution in [0.1, 0.15) is 63.8 Å². The SMILES string of the molecule is C[C@@H]1CC(N(C)C)CCN1c1cc(N2C3CCC2COC3)nc2c1c(C(F)(F)F)nn2-c1ccn(C2CCCCO2)n1. The molecule has 3 aromatic rings. The summed E-state index contributed by atoms with van der Waals surface area (Å²) in [6.07, 6.45) is 3.34. The van der Waals surface area contributed by atoms with Crippen molar-refractivity contribution in [2.45, 2.75) is 88.4 Å². The van der Waals surface area contributed by atoms with E-state index in [9.17, 15) is 13.2 Å². The minimum atomic E-state index is -4.67. The van der Waals surface area contributed by atoms with E-state index in [1.165, 1.54) is 4.68 Å². The highest BCUT2D eigenvalue weighted by molar-refractivity contribution is 5.95. The lowest BCUT2D eigenvalue weighted by atomic mass is 9.96. The number of pyridine rings is 1. The van der Waals surface area contributed by atoms with Crippen LogP contribution in [0, 0.1) is 0 Å². The number of hydrogen-bond acceptors (Lipinski definition) is 8. The van der Waals surface area contributed by atoms with Crippen molar-refractivity contribution in [2.75, 3.05) is 50.3 Å². The first-order chi connectivity index (χ1) is 20.2. The number of nitrogens with zero attached hydrogens (tertiary/aromatic N) is 8. The highest BCUT2D eigenvalue weighted by atomic mass is 19.4. The maximum atomic E-state index is 14.7. The minimum Gasteiger partial charge on any atom is -0.377 e. The van der Waals surface area contributed by atoms with Gasteiger partial charge < -0.3 is 24.2 Å². The molecule has 0 saturated carbocycles. The van der Waals surface area contributed by atoms with Crippen LogP contribution in [-0.2, 0) is 15.7 Å². The second kappa shape index (κ2) is 10.7. The van der Waals surface area contributed by atoms with E-state index in [2.05, 4.69) is 45.9 Å². The van der Waals surface area contributed by atoms with Crippen molar-refractivity contribution < 1.29 is 22.6 Å². The Morgan fingerprint density at radius 3 is 2.45 bits per heavy atom. The van der Waals surface area contributed by atoms with Gasteiger partial charge in [0.15, 0.2) is 17.2 Å². The molecule has 4 aliphatic heterocycles. The fourth-order valence-corrected chi connectivity index (χ4v) is 7.31. The fraction of sp³-hybridized carbons (Fsp3) is 0.690. The summed E-state index contributed by atoms with van der Waals surface area (Å²) in [4.78, 5) is 11.6. The van der Waals surface area contributed by atoms with Crippen LogP contribution in [0.2, 0.25) is 0 Å². The molecule has 4 saturated heterocycles. The Kier molecular flexibility index (Phi) is 7.09. The molecule has 228 valence electrons. The molecular formula is C29H39F3N8O2. The number of anilines is 2. The van der Waals surface area contributed by atoms with Crippen LogP contribution < -0.4 is 9.80 Å². The summed E-state index contributed by atoms with van der Waals surface area (Å²) in [7, 11) is 4.13. The Bertz CT molecular complexity index is 1420. The zero-order valence-electron chi connectivity index (χ0n) is 24.4. The zero-order valence-corrected chi connectivity index (χ0v) is 24.4. The quantitative estimate of drug-likeness (QED) is 0.428. The summed E-state index contributed by atoms with van der Waals surface area (Å²) in [5.41, 5.74) is -0.210. The molecule has 0 spiro atoms. The van der Waals surface area contributed by atoms with E-state index >= 15 is 0 Å². The van der Waals surface area contributed by atoms with Gasteiger partial charge in [-0.15, -0.1) is 0 Å². The second-order valence-electron chi connectivity index (χ2n) is 12.4. The van der Waals surface area contributed by atoms with Gasteiger partial charge in [-0.2, -0.15) is 28.1 Å². The van der Waals surface area contributed by atoms with Gasteiger partial charge in [-0.1, -0.05) is 0 Å². The molecule has 4 unspecified atom stereocenters. The Labute approximate surface area is 243 Å². The Morgan fingerprint density at radius 2 is 1.79 bits per heavy atom. The highest BCUT2D eigenvalue weighted by Gasteiger charge is 2.43. The smallest absolute Gasteiger partial charge is 0.377 e. The summed E-state index contributed by atoms with van der Waals surface area (Å²) in [5.74, 6) is 0.977. The minimum absolute atomic E-state index is 0.0328. The molecule has 10 nitrogen and oxygen atoms in total. The molecule has 7 rings (SSSR count). The number of rotatable bonds is 5.